The molecule has 0 radical (unpaired) electrons. The Kier molecular flexibility index (Phi) is 4.56. The molecule has 0 bridgehead atoms. The highest BCUT2D eigenvalue weighted by Crippen LogP contribution is 2.20. The first-order valence-corrected chi connectivity index (χ1v) is 6.96. The molecule has 0 aliphatic carbocycles. The van der Waals surface area contributed by atoms with E-state index in [0.29, 0.717) is 6.04 Å². The van der Waals surface area contributed by atoms with Crippen LogP contribution in [0.15, 0.2) is 53.0 Å². The predicted molar refractivity (Wildman–Crippen MR) is 80.8 cm³/mol. The number of halogens is 1. The average molecular weight is 304 g/mol. The Hall–Kier alpha value is -1.12. The highest BCUT2D eigenvalue weighted by Gasteiger charge is 2.09. The first-order chi connectivity index (χ1) is 8.69. The van der Waals surface area contributed by atoms with E-state index in [9.17, 15) is 0 Å². The predicted octanol–water partition coefficient (Wildman–Crippen LogP) is 4.26. The molecular weight excluding hydrogens is 286 g/mol. The second-order valence-corrected chi connectivity index (χ2v) is 5.50. The van der Waals surface area contributed by atoms with Crippen molar-refractivity contribution in [2.45, 2.75) is 19.4 Å². The molecule has 18 heavy (non-hydrogen) atoms. The van der Waals surface area contributed by atoms with Crippen LogP contribution < -0.4 is 5.32 Å². The zero-order chi connectivity index (χ0) is 13.0. The summed E-state index contributed by atoms with van der Waals surface area (Å²) in [5.74, 6) is 0. The summed E-state index contributed by atoms with van der Waals surface area (Å²) in [6.07, 6.45) is 1.01. The summed E-state index contributed by atoms with van der Waals surface area (Å²) in [5, 5.41) is 3.39. The van der Waals surface area contributed by atoms with E-state index in [1.165, 1.54) is 16.7 Å². The number of hydrogen-bond donors (Lipinski definition) is 1. The topological polar surface area (TPSA) is 12.0 Å². The molecular formula is C16H18BrN. The summed E-state index contributed by atoms with van der Waals surface area (Å²) in [6.45, 7) is 2.12. The van der Waals surface area contributed by atoms with Gasteiger partial charge in [-0.3, -0.25) is 0 Å². The van der Waals surface area contributed by atoms with Gasteiger partial charge < -0.3 is 5.32 Å². The Balaban J connectivity index is 2.14. The van der Waals surface area contributed by atoms with Crippen molar-refractivity contribution in [3.05, 3.63) is 69.7 Å². The second-order valence-electron chi connectivity index (χ2n) is 4.58. The van der Waals surface area contributed by atoms with Crippen molar-refractivity contribution in [3.63, 3.8) is 0 Å². The summed E-state index contributed by atoms with van der Waals surface area (Å²) in [5.41, 5.74) is 3.99. The molecule has 0 spiro atoms. The van der Waals surface area contributed by atoms with Gasteiger partial charge in [0, 0.05) is 10.5 Å². The van der Waals surface area contributed by atoms with Crippen LogP contribution >= 0.6 is 15.9 Å². The molecule has 0 aliphatic heterocycles. The minimum absolute atomic E-state index is 0.367. The number of likely N-dealkylation sites (N-methyl/N-ethyl adjacent to an activating group) is 1. The largest absolute Gasteiger partial charge is 0.313 e. The maximum atomic E-state index is 3.47. The van der Waals surface area contributed by atoms with E-state index < -0.39 is 0 Å². The van der Waals surface area contributed by atoms with Crippen molar-refractivity contribution in [1.29, 1.82) is 0 Å². The molecule has 0 heterocycles. The molecule has 1 nitrogen and oxygen atoms in total. The van der Waals surface area contributed by atoms with Crippen molar-refractivity contribution >= 4 is 15.9 Å². The number of aryl methyl sites for hydroxylation is 1. The Morgan fingerprint density at radius 2 is 1.61 bits per heavy atom. The summed E-state index contributed by atoms with van der Waals surface area (Å²) in [6, 6.07) is 17.6. The van der Waals surface area contributed by atoms with E-state index in [1.807, 2.05) is 7.05 Å². The number of hydrogen-bond acceptors (Lipinski definition) is 1. The summed E-state index contributed by atoms with van der Waals surface area (Å²) in [4.78, 5) is 0. The lowest BCUT2D eigenvalue weighted by Gasteiger charge is -2.17. The molecule has 1 atom stereocenters. The summed E-state index contributed by atoms with van der Waals surface area (Å²) in [7, 11) is 2.02. The molecule has 0 aliphatic rings. The molecule has 0 fully saturated rings. The molecule has 2 aromatic rings. The van der Waals surface area contributed by atoms with E-state index >= 15 is 0 Å². The van der Waals surface area contributed by atoms with Gasteiger partial charge in [-0.25, -0.2) is 0 Å². The van der Waals surface area contributed by atoms with Gasteiger partial charge in [-0.2, -0.15) is 0 Å². The standard InChI is InChI=1S/C16H18BrN/c1-12-3-7-14(8-4-12)16(18-2)11-13-5-9-15(17)10-6-13/h3-10,16,18H,11H2,1-2H3. The highest BCUT2D eigenvalue weighted by atomic mass is 79.9. The second kappa shape index (κ2) is 6.17. The Bertz CT molecular complexity index is 488. The third-order valence-corrected chi connectivity index (χ3v) is 3.71. The van der Waals surface area contributed by atoms with Crippen molar-refractivity contribution in [1.82, 2.24) is 5.32 Å². The summed E-state index contributed by atoms with van der Waals surface area (Å²) >= 11 is 3.47. The van der Waals surface area contributed by atoms with Crippen LogP contribution in [0.4, 0.5) is 0 Å². The Labute approximate surface area is 117 Å². The van der Waals surface area contributed by atoms with E-state index in [1.54, 1.807) is 0 Å². The molecule has 0 saturated heterocycles. The molecule has 94 valence electrons. The van der Waals surface area contributed by atoms with Crippen LogP contribution in [0.2, 0.25) is 0 Å². The fourth-order valence-electron chi connectivity index (χ4n) is 2.04. The van der Waals surface area contributed by atoms with Crippen molar-refractivity contribution < 1.29 is 0 Å². The van der Waals surface area contributed by atoms with Crippen LogP contribution in [0.5, 0.6) is 0 Å². The smallest absolute Gasteiger partial charge is 0.0358 e. The lowest BCUT2D eigenvalue weighted by Crippen LogP contribution is -2.18. The third-order valence-electron chi connectivity index (χ3n) is 3.18. The zero-order valence-electron chi connectivity index (χ0n) is 10.8. The van der Waals surface area contributed by atoms with Crippen LogP contribution in [-0.2, 0) is 6.42 Å². The molecule has 2 heteroatoms. The van der Waals surface area contributed by atoms with Crippen molar-refractivity contribution in [2.24, 2.45) is 0 Å². The van der Waals surface area contributed by atoms with Gasteiger partial charge in [0.05, 0.1) is 0 Å². The van der Waals surface area contributed by atoms with E-state index in [0.717, 1.165) is 10.9 Å². The van der Waals surface area contributed by atoms with E-state index in [-0.39, 0.29) is 0 Å². The number of rotatable bonds is 4. The van der Waals surface area contributed by atoms with Gasteiger partial charge in [0.1, 0.15) is 0 Å². The molecule has 2 aromatic carbocycles. The quantitative estimate of drug-likeness (QED) is 0.890. The maximum Gasteiger partial charge on any atom is 0.0358 e. The molecule has 2 rings (SSSR count). The fourth-order valence-corrected chi connectivity index (χ4v) is 2.31. The van der Waals surface area contributed by atoms with Crippen LogP contribution in [-0.4, -0.2) is 7.05 Å². The van der Waals surface area contributed by atoms with E-state index in [4.69, 9.17) is 0 Å². The van der Waals surface area contributed by atoms with Crippen LogP contribution in [0.25, 0.3) is 0 Å². The zero-order valence-corrected chi connectivity index (χ0v) is 12.4. The average Bonchev–Trinajstić information content (AvgIpc) is 2.39. The number of nitrogens with one attached hydrogen (secondary N) is 1. The summed E-state index contributed by atoms with van der Waals surface area (Å²) < 4.78 is 1.13. The maximum absolute atomic E-state index is 3.47. The van der Waals surface area contributed by atoms with Crippen LogP contribution in [0.3, 0.4) is 0 Å². The minimum Gasteiger partial charge on any atom is -0.313 e. The molecule has 1 unspecified atom stereocenters. The highest BCUT2D eigenvalue weighted by molar-refractivity contribution is 9.10. The normalized spacial score (nSPS) is 12.4. The van der Waals surface area contributed by atoms with Crippen molar-refractivity contribution in [3.8, 4) is 0 Å². The SMILES string of the molecule is CNC(Cc1ccc(Br)cc1)c1ccc(C)cc1. The molecule has 0 saturated carbocycles. The number of benzene rings is 2. The Morgan fingerprint density at radius 3 is 2.17 bits per heavy atom. The van der Waals surface area contributed by atoms with Gasteiger partial charge in [-0.1, -0.05) is 57.9 Å². The third kappa shape index (κ3) is 3.44. The monoisotopic (exact) mass is 303 g/mol. The van der Waals surface area contributed by atoms with Gasteiger partial charge in [0.15, 0.2) is 0 Å². The fraction of sp³-hybridized carbons (Fsp3) is 0.250. The van der Waals surface area contributed by atoms with Gasteiger partial charge in [-0.15, -0.1) is 0 Å². The van der Waals surface area contributed by atoms with E-state index in [2.05, 4.69) is 76.7 Å². The molecule has 1 N–H and O–H groups in total. The Morgan fingerprint density at radius 1 is 1.00 bits per heavy atom. The molecule has 0 amide bonds. The van der Waals surface area contributed by atoms with Gasteiger partial charge in [0.25, 0.3) is 0 Å². The minimum atomic E-state index is 0.367. The van der Waals surface area contributed by atoms with Gasteiger partial charge >= 0.3 is 0 Å². The first-order valence-electron chi connectivity index (χ1n) is 6.17. The first kappa shape index (κ1) is 13.3. The lowest BCUT2D eigenvalue weighted by atomic mass is 9.98. The van der Waals surface area contributed by atoms with Crippen LogP contribution in [0, 0.1) is 6.92 Å². The van der Waals surface area contributed by atoms with Crippen LogP contribution in [0.1, 0.15) is 22.7 Å². The van der Waals surface area contributed by atoms with Gasteiger partial charge in [0.2, 0.25) is 0 Å². The molecule has 0 aromatic heterocycles. The lowest BCUT2D eigenvalue weighted by molar-refractivity contribution is 0.592. The van der Waals surface area contributed by atoms with Crippen molar-refractivity contribution in [2.75, 3.05) is 7.05 Å². The van der Waals surface area contributed by atoms with Gasteiger partial charge in [-0.05, 0) is 43.7 Å².